The molecule has 0 radical (unpaired) electrons. The van der Waals surface area contributed by atoms with Gasteiger partial charge in [0, 0.05) is 76.6 Å². The van der Waals surface area contributed by atoms with E-state index in [1.807, 2.05) is 6.07 Å². The summed E-state index contributed by atoms with van der Waals surface area (Å²) in [5.74, 6) is 0. The van der Waals surface area contributed by atoms with Crippen LogP contribution in [0.4, 0.5) is 17.1 Å². The van der Waals surface area contributed by atoms with E-state index in [-0.39, 0.29) is 0 Å². The van der Waals surface area contributed by atoms with Crippen molar-refractivity contribution in [1.82, 2.24) is 8.97 Å². The Morgan fingerprint density at radius 3 is 1.81 bits per heavy atom. The molecule has 0 aliphatic heterocycles. The summed E-state index contributed by atoms with van der Waals surface area (Å²) in [5, 5.41) is 16.5. The molecular formula is C68H39N3O2. The number of benzene rings is 12. The van der Waals surface area contributed by atoms with E-state index in [4.69, 9.17) is 8.83 Å². The number of nitrogens with zero attached hydrogens (tertiary/aromatic N) is 3. The van der Waals surface area contributed by atoms with Gasteiger partial charge in [-0.3, -0.25) is 0 Å². The van der Waals surface area contributed by atoms with Crippen molar-refractivity contribution in [3.8, 4) is 16.8 Å². The van der Waals surface area contributed by atoms with Crippen LogP contribution in [0, 0.1) is 0 Å². The monoisotopic (exact) mass is 929 g/mol. The van der Waals surface area contributed by atoms with E-state index in [1.165, 1.54) is 87.1 Å². The van der Waals surface area contributed by atoms with Gasteiger partial charge in [-0.2, -0.15) is 0 Å². The van der Waals surface area contributed by atoms with E-state index in [0.29, 0.717) is 0 Å². The van der Waals surface area contributed by atoms with E-state index < -0.39 is 0 Å². The first-order valence-corrected chi connectivity index (χ1v) is 25.0. The van der Waals surface area contributed by atoms with E-state index in [9.17, 15) is 0 Å². The minimum Gasteiger partial charge on any atom is -0.456 e. The molecule has 17 aromatic rings. The van der Waals surface area contributed by atoms with Gasteiger partial charge in [0.05, 0.1) is 27.6 Å². The van der Waals surface area contributed by atoms with Crippen molar-refractivity contribution in [1.29, 1.82) is 0 Å². The van der Waals surface area contributed by atoms with Gasteiger partial charge >= 0.3 is 0 Å². The minimum absolute atomic E-state index is 0.867. The second kappa shape index (κ2) is 14.4. The van der Waals surface area contributed by atoms with Gasteiger partial charge in [-0.05, 0) is 142 Å². The van der Waals surface area contributed by atoms with Gasteiger partial charge in [0.15, 0.2) is 0 Å². The largest absolute Gasteiger partial charge is 0.456 e. The van der Waals surface area contributed by atoms with Gasteiger partial charge in [-0.25, -0.2) is 0 Å². The zero-order chi connectivity index (χ0) is 47.5. The Bertz CT molecular complexity index is 5170. The molecule has 0 aliphatic carbocycles. The molecular weight excluding hydrogens is 891 g/mol. The van der Waals surface area contributed by atoms with E-state index in [0.717, 1.165) is 72.1 Å². The summed E-state index contributed by atoms with van der Waals surface area (Å²) in [6, 6.07) is 86.3. The molecule has 12 aromatic carbocycles. The van der Waals surface area contributed by atoms with Gasteiger partial charge in [0.2, 0.25) is 0 Å². The van der Waals surface area contributed by atoms with Crippen LogP contribution in [0.15, 0.2) is 245 Å². The maximum atomic E-state index is 6.60. The van der Waals surface area contributed by atoms with Gasteiger partial charge in [0.25, 0.3) is 0 Å². The molecule has 0 unspecified atom stereocenters. The Hall–Kier alpha value is -9.84. The Morgan fingerprint density at radius 2 is 0.904 bits per heavy atom. The molecule has 5 heterocycles. The standard InChI is InChI=1S/C68H39N3O2/c1-2-16-44(17-3-1)70-58-23-8-6-18-49(58)54-37-45(28-31-59(54)70)69(46-29-32-63-56(38-46)55-34-40-13-4-5-14-41(40)36-65(55)73-63)47-33-43-15-10-24-61-66(43)57(39-47)51-22-11-21-50-53-35-42(27-30-60(53)71(61)68(50)51)48-20-12-26-64-67(48)52-19-7-9-25-62(52)72-64/h1-39H. The summed E-state index contributed by atoms with van der Waals surface area (Å²) in [6.07, 6.45) is 0. The first kappa shape index (κ1) is 38.9. The summed E-state index contributed by atoms with van der Waals surface area (Å²) in [5.41, 5.74) is 16.2. The first-order valence-electron chi connectivity index (χ1n) is 25.0. The highest BCUT2D eigenvalue weighted by molar-refractivity contribution is 6.28. The highest BCUT2D eigenvalue weighted by atomic mass is 16.3. The molecule has 0 fully saturated rings. The lowest BCUT2D eigenvalue weighted by Gasteiger charge is -2.27. The van der Waals surface area contributed by atoms with E-state index in [1.54, 1.807) is 0 Å². The normalized spacial score (nSPS) is 12.4. The number of rotatable bonds is 5. The molecule has 0 bridgehead atoms. The zero-order valence-corrected chi connectivity index (χ0v) is 39.2. The average molecular weight is 930 g/mol. The Kier molecular flexibility index (Phi) is 7.67. The van der Waals surface area contributed by atoms with Crippen molar-refractivity contribution in [2.45, 2.75) is 0 Å². The molecule has 73 heavy (non-hydrogen) atoms. The van der Waals surface area contributed by atoms with Crippen molar-refractivity contribution in [2.24, 2.45) is 0 Å². The number of anilines is 3. The highest BCUT2D eigenvalue weighted by Gasteiger charge is 2.24. The minimum atomic E-state index is 0.867. The Balaban J connectivity index is 0.925. The maximum absolute atomic E-state index is 6.60. The zero-order valence-electron chi connectivity index (χ0n) is 39.2. The summed E-state index contributed by atoms with van der Waals surface area (Å²) in [4.78, 5) is 2.45. The number of pyridine rings is 1. The number of para-hydroxylation sites is 4. The molecule has 0 N–H and O–H groups in total. The van der Waals surface area contributed by atoms with Gasteiger partial charge < -0.3 is 22.7 Å². The number of aromatic nitrogens is 2. The summed E-state index contributed by atoms with van der Waals surface area (Å²) >= 11 is 0. The number of hydrogen-bond acceptors (Lipinski definition) is 3. The van der Waals surface area contributed by atoms with Crippen LogP contribution in [0.2, 0.25) is 0 Å². The van der Waals surface area contributed by atoms with Crippen LogP contribution in [0.5, 0.6) is 0 Å². The van der Waals surface area contributed by atoms with E-state index in [2.05, 4.69) is 244 Å². The molecule has 0 saturated carbocycles. The molecule has 0 saturated heterocycles. The van der Waals surface area contributed by atoms with Gasteiger partial charge in [-0.1, -0.05) is 127 Å². The molecule has 0 atom stereocenters. The molecule has 0 spiro atoms. The van der Waals surface area contributed by atoms with Crippen molar-refractivity contribution in [2.75, 3.05) is 4.90 Å². The SMILES string of the molecule is c1ccc(-n2c3ccccc3c3cc(N(c4ccc5oc6cc7ccccc7cc6c5c4)c4cc5cccc6c5c(c4)c4cccc5c7cc(-c8cccc9oc%10ccccc%10c89)ccc7n6c45)ccc32)cc1. The third-order valence-electron chi connectivity index (χ3n) is 15.7. The smallest absolute Gasteiger partial charge is 0.136 e. The second-order valence-electron chi connectivity index (χ2n) is 19.6. The average Bonchev–Trinajstić information content (AvgIpc) is 4.20. The molecule has 0 amide bonds. The third-order valence-corrected chi connectivity index (χ3v) is 15.7. The van der Waals surface area contributed by atoms with Crippen molar-refractivity contribution >= 4 is 142 Å². The molecule has 0 aliphatic rings. The fraction of sp³-hybridized carbons (Fsp3) is 0. The fourth-order valence-electron chi connectivity index (χ4n) is 12.6. The summed E-state index contributed by atoms with van der Waals surface area (Å²) in [6.45, 7) is 0. The Labute approximate surface area is 416 Å². The molecule has 338 valence electrons. The third kappa shape index (κ3) is 5.40. The topological polar surface area (TPSA) is 38.9 Å². The lowest BCUT2D eigenvalue weighted by Crippen LogP contribution is -2.10. The predicted octanol–water partition coefficient (Wildman–Crippen LogP) is 19.2. The number of furan rings is 2. The van der Waals surface area contributed by atoms with Crippen LogP contribution in [0.25, 0.3) is 142 Å². The van der Waals surface area contributed by atoms with Gasteiger partial charge in [-0.15, -0.1) is 0 Å². The highest BCUT2D eigenvalue weighted by Crippen LogP contribution is 2.48. The summed E-state index contributed by atoms with van der Waals surface area (Å²) in [7, 11) is 0. The van der Waals surface area contributed by atoms with E-state index >= 15 is 0 Å². The maximum Gasteiger partial charge on any atom is 0.136 e. The summed E-state index contributed by atoms with van der Waals surface area (Å²) < 4.78 is 17.8. The van der Waals surface area contributed by atoms with Gasteiger partial charge in [0.1, 0.15) is 22.3 Å². The first-order chi connectivity index (χ1) is 36.2. The predicted molar refractivity (Wildman–Crippen MR) is 305 cm³/mol. The molecule has 5 nitrogen and oxygen atoms in total. The molecule has 5 heteroatoms. The number of hydrogen-bond donors (Lipinski definition) is 0. The quantitative estimate of drug-likeness (QED) is 0.127. The Morgan fingerprint density at radius 1 is 0.301 bits per heavy atom. The van der Waals surface area contributed by atoms with Crippen molar-refractivity contribution in [3.63, 3.8) is 0 Å². The van der Waals surface area contributed by atoms with Crippen molar-refractivity contribution < 1.29 is 8.83 Å². The van der Waals surface area contributed by atoms with Crippen molar-refractivity contribution in [3.05, 3.63) is 237 Å². The molecule has 17 rings (SSSR count). The fourth-order valence-corrected chi connectivity index (χ4v) is 12.6. The van der Waals surface area contributed by atoms with Crippen LogP contribution < -0.4 is 4.90 Å². The van der Waals surface area contributed by atoms with Crippen LogP contribution in [-0.4, -0.2) is 8.97 Å². The second-order valence-corrected chi connectivity index (χ2v) is 19.6. The molecule has 5 aromatic heterocycles. The lowest BCUT2D eigenvalue weighted by molar-refractivity contribution is 0.669. The van der Waals surface area contributed by atoms with Crippen LogP contribution in [0.3, 0.4) is 0 Å². The lowest BCUT2D eigenvalue weighted by atomic mass is 9.97. The van der Waals surface area contributed by atoms with Crippen LogP contribution in [0.1, 0.15) is 0 Å². The van der Waals surface area contributed by atoms with Crippen LogP contribution in [-0.2, 0) is 0 Å². The number of fused-ring (bicyclic) bond motifs is 15. The van der Waals surface area contributed by atoms with Crippen LogP contribution >= 0.6 is 0 Å².